The normalized spacial score (nSPS) is 15.6. The maximum absolute atomic E-state index is 13.3. The number of alkyl halides is 3. The maximum atomic E-state index is 13.3. The van der Waals surface area contributed by atoms with Gasteiger partial charge < -0.3 is 20.1 Å². The number of anilines is 1. The minimum absolute atomic E-state index is 0.138. The average Bonchev–Trinajstić information content (AvgIpc) is 2.68. The van der Waals surface area contributed by atoms with E-state index in [2.05, 4.69) is 0 Å². The topological polar surface area (TPSA) is 64.8 Å². The van der Waals surface area contributed by atoms with E-state index in [0.717, 1.165) is 11.6 Å². The van der Waals surface area contributed by atoms with E-state index in [1.165, 1.54) is 18.2 Å². The highest BCUT2D eigenvalue weighted by Gasteiger charge is 2.34. The maximum Gasteiger partial charge on any atom is 0.419 e. The van der Waals surface area contributed by atoms with Crippen LogP contribution in [0.1, 0.15) is 50.7 Å². The molecule has 0 aliphatic carbocycles. The fourth-order valence-electron chi connectivity index (χ4n) is 3.52. The van der Waals surface area contributed by atoms with E-state index < -0.39 is 17.3 Å². The van der Waals surface area contributed by atoms with Crippen LogP contribution in [0.15, 0.2) is 42.5 Å². The lowest BCUT2D eigenvalue weighted by Gasteiger charge is -2.33. The predicted octanol–water partition coefficient (Wildman–Crippen LogP) is 6.19. The van der Waals surface area contributed by atoms with Gasteiger partial charge in [-0.05, 0) is 69.4 Å². The zero-order chi connectivity index (χ0) is 22.8. The number of piperidine rings is 1. The number of amides is 1. The largest absolute Gasteiger partial charge is 0.455 e. The molecule has 1 fully saturated rings. The van der Waals surface area contributed by atoms with Gasteiger partial charge in [-0.3, -0.25) is 0 Å². The molecule has 0 bridgehead atoms. The first-order valence-corrected chi connectivity index (χ1v) is 10.2. The molecule has 2 aromatic rings. The Hall–Kier alpha value is -2.90. The number of nitrogens with zero attached hydrogens (tertiary/aromatic N) is 1. The number of nitrogen functional groups attached to an aromatic ring is 1. The molecule has 1 amide bonds. The molecule has 0 spiro atoms. The van der Waals surface area contributed by atoms with Crippen LogP contribution in [0.4, 0.5) is 23.7 Å². The van der Waals surface area contributed by atoms with Crippen LogP contribution >= 0.6 is 0 Å². The molecule has 0 unspecified atom stereocenters. The van der Waals surface area contributed by atoms with Gasteiger partial charge in [-0.25, -0.2) is 4.79 Å². The number of benzene rings is 2. The standard InChI is InChI=1S/C23H27F3N2O3/c1-22(2,3)31-21(29)28-12-10-15(11-13-28)16-8-9-18(27)20(14-16)30-19-7-5-4-6-17(19)23(24,25)26/h4-9,14-15H,10-13,27H2,1-3H3. The first-order chi connectivity index (χ1) is 14.4. The van der Waals surface area contributed by atoms with Crippen LogP contribution in [-0.2, 0) is 10.9 Å². The average molecular weight is 436 g/mol. The van der Waals surface area contributed by atoms with E-state index in [0.29, 0.717) is 25.9 Å². The fraction of sp³-hybridized carbons (Fsp3) is 0.435. The van der Waals surface area contributed by atoms with Gasteiger partial charge in [0, 0.05) is 13.1 Å². The van der Waals surface area contributed by atoms with E-state index in [9.17, 15) is 18.0 Å². The molecule has 168 valence electrons. The SMILES string of the molecule is CC(C)(C)OC(=O)N1CCC(c2ccc(N)c(Oc3ccccc3C(F)(F)F)c2)CC1. The van der Waals surface area contributed by atoms with Gasteiger partial charge in [-0.15, -0.1) is 0 Å². The number of hydrogen-bond acceptors (Lipinski definition) is 4. The third-order valence-electron chi connectivity index (χ3n) is 5.07. The molecule has 3 rings (SSSR count). The van der Waals surface area contributed by atoms with E-state index >= 15 is 0 Å². The van der Waals surface area contributed by atoms with Crippen LogP contribution in [0.2, 0.25) is 0 Å². The highest BCUT2D eigenvalue weighted by atomic mass is 19.4. The van der Waals surface area contributed by atoms with Gasteiger partial charge >= 0.3 is 12.3 Å². The number of para-hydroxylation sites is 1. The minimum Gasteiger partial charge on any atom is -0.455 e. The van der Waals surface area contributed by atoms with Gasteiger partial charge in [0.05, 0.1) is 11.3 Å². The van der Waals surface area contributed by atoms with E-state index in [-0.39, 0.29) is 29.2 Å². The van der Waals surface area contributed by atoms with Gasteiger partial charge in [0.25, 0.3) is 0 Å². The molecule has 1 heterocycles. The predicted molar refractivity (Wildman–Crippen MR) is 112 cm³/mol. The second kappa shape index (κ2) is 8.69. The van der Waals surface area contributed by atoms with Crippen LogP contribution in [0.25, 0.3) is 0 Å². The molecule has 1 aliphatic rings. The summed E-state index contributed by atoms with van der Waals surface area (Å²) in [5.41, 5.74) is 5.73. The lowest BCUT2D eigenvalue weighted by atomic mass is 9.89. The number of ether oxygens (including phenoxy) is 2. The summed E-state index contributed by atoms with van der Waals surface area (Å²) in [5, 5.41) is 0. The zero-order valence-corrected chi connectivity index (χ0v) is 17.8. The van der Waals surface area contributed by atoms with Gasteiger partial charge in [-0.2, -0.15) is 13.2 Å². The summed E-state index contributed by atoms with van der Waals surface area (Å²) in [7, 11) is 0. The Morgan fingerprint density at radius 3 is 2.29 bits per heavy atom. The molecule has 2 N–H and O–H groups in total. The molecule has 0 atom stereocenters. The number of carbonyl (C=O) groups is 1. The number of nitrogens with two attached hydrogens (primary N) is 1. The summed E-state index contributed by atoms with van der Waals surface area (Å²) < 4.78 is 50.8. The van der Waals surface area contributed by atoms with Crippen LogP contribution in [-0.4, -0.2) is 29.7 Å². The Balaban J connectivity index is 1.73. The lowest BCUT2D eigenvalue weighted by Crippen LogP contribution is -2.41. The molecule has 31 heavy (non-hydrogen) atoms. The first-order valence-electron chi connectivity index (χ1n) is 10.2. The zero-order valence-electron chi connectivity index (χ0n) is 17.8. The Morgan fingerprint density at radius 1 is 1.03 bits per heavy atom. The molecule has 1 aliphatic heterocycles. The summed E-state index contributed by atoms with van der Waals surface area (Å²) in [4.78, 5) is 13.9. The Labute approximate surface area is 179 Å². The van der Waals surface area contributed by atoms with Crippen LogP contribution < -0.4 is 10.5 Å². The highest BCUT2D eigenvalue weighted by Crippen LogP contribution is 2.40. The second-order valence-corrected chi connectivity index (χ2v) is 8.63. The number of carbonyl (C=O) groups excluding carboxylic acids is 1. The summed E-state index contributed by atoms with van der Waals surface area (Å²) in [6, 6.07) is 10.2. The van der Waals surface area contributed by atoms with Crippen molar-refractivity contribution in [2.75, 3.05) is 18.8 Å². The van der Waals surface area contributed by atoms with Crippen molar-refractivity contribution < 1.29 is 27.4 Å². The molecule has 1 saturated heterocycles. The molecule has 0 radical (unpaired) electrons. The lowest BCUT2D eigenvalue weighted by molar-refractivity contribution is -0.138. The smallest absolute Gasteiger partial charge is 0.419 e. The van der Waals surface area contributed by atoms with Crippen molar-refractivity contribution in [1.82, 2.24) is 4.90 Å². The van der Waals surface area contributed by atoms with Crippen LogP contribution in [0.3, 0.4) is 0 Å². The molecular weight excluding hydrogens is 409 g/mol. The van der Waals surface area contributed by atoms with Crippen molar-refractivity contribution in [3.05, 3.63) is 53.6 Å². The third-order valence-corrected chi connectivity index (χ3v) is 5.07. The van der Waals surface area contributed by atoms with Crippen molar-refractivity contribution >= 4 is 11.8 Å². The monoisotopic (exact) mass is 436 g/mol. The molecule has 0 aromatic heterocycles. The number of likely N-dealkylation sites (tertiary alicyclic amines) is 1. The summed E-state index contributed by atoms with van der Waals surface area (Å²) >= 11 is 0. The van der Waals surface area contributed by atoms with Gasteiger partial charge in [0.2, 0.25) is 0 Å². The van der Waals surface area contributed by atoms with Crippen molar-refractivity contribution in [3.8, 4) is 11.5 Å². The summed E-state index contributed by atoms with van der Waals surface area (Å²) in [6.45, 7) is 6.55. The molecule has 5 nitrogen and oxygen atoms in total. The van der Waals surface area contributed by atoms with Crippen molar-refractivity contribution in [2.24, 2.45) is 0 Å². The highest BCUT2D eigenvalue weighted by molar-refractivity contribution is 5.68. The van der Waals surface area contributed by atoms with Gasteiger partial charge in [0.15, 0.2) is 5.75 Å². The number of hydrogen-bond donors (Lipinski definition) is 1. The molecule has 0 saturated carbocycles. The van der Waals surface area contributed by atoms with Crippen molar-refractivity contribution in [2.45, 2.75) is 51.3 Å². The van der Waals surface area contributed by atoms with E-state index in [1.54, 1.807) is 17.0 Å². The number of halogens is 3. The Kier molecular flexibility index (Phi) is 6.38. The Morgan fingerprint density at radius 2 is 1.68 bits per heavy atom. The quantitative estimate of drug-likeness (QED) is 0.583. The van der Waals surface area contributed by atoms with Crippen LogP contribution in [0.5, 0.6) is 11.5 Å². The van der Waals surface area contributed by atoms with Gasteiger partial charge in [0.1, 0.15) is 11.4 Å². The molecule has 2 aromatic carbocycles. The number of rotatable bonds is 3. The third kappa shape index (κ3) is 5.83. The van der Waals surface area contributed by atoms with Crippen molar-refractivity contribution in [1.29, 1.82) is 0 Å². The van der Waals surface area contributed by atoms with Crippen LogP contribution in [0, 0.1) is 0 Å². The first kappa shape index (κ1) is 22.8. The summed E-state index contributed by atoms with van der Waals surface area (Å²) in [6.07, 6.45) is -3.45. The Bertz CT molecular complexity index is 930. The summed E-state index contributed by atoms with van der Waals surface area (Å²) in [5.74, 6) is 0.0295. The second-order valence-electron chi connectivity index (χ2n) is 8.63. The van der Waals surface area contributed by atoms with E-state index in [1.807, 2.05) is 26.8 Å². The fourth-order valence-corrected chi connectivity index (χ4v) is 3.52. The molecular formula is C23H27F3N2O3. The minimum atomic E-state index is -4.53. The van der Waals surface area contributed by atoms with E-state index in [4.69, 9.17) is 15.2 Å². The molecule has 8 heteroatoms. The van der Waals surface area contributed by atoms with Gasteiger partial charge in [-0.1, -0.05) is 18.2 Å². The van der Waals surface area contributed by atoms with Crippen molar-refractivity contribution in [3.63, 3.8) is 0 Å².